The van der Waals surface area contributed by atoms with Gasteiger partial charge in [0.25, 0.3) is 0 Å². The monoisotopic (exact) mass is 286 g/mol. The topological polar surface area (TPSA) is 44.1 Å². The molecule has 0 fully saturated rings. The molecular formula is C14H23ClN2O2. The molecule has 1 rings (SSSR count). The molecule has 108 valence electrons. The number of nitrogens with zero attached hydrogens (tertiary/aromatic N) is 2. The Hall–Kier alpha value is -0.870. The van der Waals surface area contributed by atoms with E-state index in [1.165, 1.54) is 0 Å². The molecular weight excluding hydrogens is 264 g/mol. The summed E-state index contributed by atoms with van der Waals surface area (Å²) in [5.74, 6) is 0.0301. The normalized spacial score (nSPS) is 13.6. The molecule has 1 unspecified atom stereocenters. The van der Waals surface area contributed by atoms with Gasteiger partial charge in [-0.05, 0) is 11.8 Å². The second-order valence-corrected chi connectivity index (χ2v) is 6.19. The zero-order chi connectivity index (χ0) is 14.8. The Morgan fingerprint density at radius 2 is 2.05 bits per heavy atom. The zero-order valence-electron chi connectivity index (χ0n) is 12.6. The minimum absolute atomic E-state index is 0.0301. The molecule has 0 aliphatic carbocycles. The van der Waals surface area contributed by atoms with Crippen molar-refractivity contribution in [3.05, 3.63) is 16.4 Å². The number of Topliss-reactive ketones (excluding diaryl/α,β-unsaturated/α-hetero) is 1. The number of rotatable bonds is 5. The first-order valence-corrected chi connectivity index (χ1v) is 6.85. The van der Waals surface area contributed by atoms with Crippen LogP contribution in [0.5, 0.6) is 0 Å². The van der Waals surface area contributed by atoms with E-state index in [1.807, 2.05) is 34.7 Å². The van der Waals surface area contributed by atoms with E-state index in [1.54, 1.807) is 11.8 Å². The largest absolute Gasteiger partial charge is 0.373 e. The number of methoxy groups -OCH3 is 1. The van der Waals surface area contributed by atoms with Gasteiger partial charge in [-0.15, -0.1) is 0 Å². The summed E-state index contributed by atoms with van der Waals surface area (Å²) in [5, 5.41) is 4.92. The average Bonchev–Trinajstić information content (AvgIpc) is 2.55. The molecule has 1 aromatic heterocycles. The van der Waals surface area contributed by atoms with Crippen molar-refractivity contribution in [1.82, 2.24) is 9.78 Å². The molecule has 0 saturated carbocycles. The van der Waals surface area contributed by atoms with Crippen LogP contribution in [0, 0.1) is 5.41 Å². The van der Waals surface area contributed by atoms with Crippen LogP contribution in [-0.4, -0.2) is 28.8 Å². The Morgan fingerprint density at radius 3 is 2.42 bits per heavy atom. The lowest BCUT2D eigenvalue weighted by molar-refractivity contribution is -0.134. The fraction of sp³-hybridized carbons (Fsp3) is 0.714. The third-order valence-electron chi connectivity index (χ3n) is 3.16. The van der Waals surface area contributed by atoms with Crippen LogP contribution in [0.4, 0.5) is 0 Å². The Balaban J connectivity index is 2.97. The number of halogens is 1. The van der Waals surface area contributed by atoms with Crippen molar-refractivity contribution in [2.45, 2.75) is 46.6 Å². The fourth-order valence-electron chi connectivity index (χ4n) is 2.24. The molecule has 1 atom stereocenters. The molecule has 0 N–H and O–H groups in total. The van der Waals surface area contributed by atoms with Crippen LogP contribution < -0.4 is 0 Å². The highest BCUT2D eigenvalue weighted by Gasteiger charge is 2.32. The SMILES string of the molecule is CCc1nn(C)c(CC(=O)C(OC)C(C)(C)C)c1Cl. The Morgan fingerprint density at radius 1 is 1.47 bits per heavy atom. The number of hydrogen-bond acceptors (Lipinski definition) is 3. The lowest BCUT2D eigenvalue weighted by Gasteiger charge is -2.28. The highest BCUT2D eigenvalue weighted by Crippen LogP contribution is 2.26. The first-order valence-electron chi connectivity index (χ1n) is 6.48. The van der Waals surface area contributed by atoms with Crippen molar-refractivity contribution in [3.8, 4) is 0 Å². The summed E-state index contributed by atoms with van der Waals surface area (Å²) in [6.07, 6.45) is 0.565. The van der Waals surface area contributed by atoms with Gasteiger partial charge in [-0.25, -0.2) is 0 Å². The summed E-state index contributed by atoms with van der Waals surface area (Å²) >= 11 is 6.26. The van der Waals surface area contributed by atoms with Crippen molar-refractivity contribution in [2.24, 2.45) is 12.5 Å². The molecule has 0 aromatic carbocycles. The van der Waals surface area contributed by atoms with Gasteiger partial charge < -0.3 is 4.74 Å². The van der Waals surface area contributed by atoms with Crippen LogP contribution in [0.25, 0.3) is 0 Å². The lowest BCUT2D eigenvalue weighted by atomic mass is 9.85. The van der Waals surface area contributed by atoms with Crippen molar-refractivity contribution in [2.75, 3.05) is 7.11 Å². The Labute approximate surface area is 120 Å². The maximum atomic E-state index is 12.4. The zero-order valence-corrected chi connectivity index (χ0v) is 13.3. The first-order chi connectivity index (χ1) is 8.72. The van der Waals surface area contributed by atoms with E-state index in [9.17, 15) is 4.79 Å². The third-order valence-corrected chi connectivity index (χ3v) is 3.60. The van der Waals surface area contributed by atoms with Gasteiger partial charge in [0.15, 0.2) is 5.78 Å². The number of hydrogen-bond donors (Lipinski definition) is 0. The smallest absolute Gasteiger partial charge is 0.168 e. The summed E-state index contributed by atoms with van der Waals surface area (Å²) in [6.45, 7) is 7.96. The number of aryl methyl sites for hydroxylation is 2. The minimum atomic E-state index is -0.441. The molecule has 0 radical (unpaired) electrons. The van der Waals surface area contributed by atoms with E-state index < -0.39 is 6.10 Å². The highest BCUT2D eigenvalue weighted by atomic mass is 35.5. The predicted octanol–water partition coefficient (Wildman–Crippen LogP) is 2.81. The summed E-state index contributed by atoms with van der Waals surface area (Å²) in [6, 6.07) is 0. The summed E-state index contributed by atoms with van der Waals surface area (Å²) in [4.78, 5) is 12.4. The van der Waals surface area contributed by atoms with E-state index in [-0.39, 0.29) is 17.6 Å². The van der Waals surface area contributed by atoms with Crippen LogP contribution >= 0.6 is 11.6 Å². The molecule has 0 aliphatic heterocycles. The van der Waals surface area contributed by atoms with E-state index in [0.717, 1.165) is 17.8 Å². The molecule has 4 nitrogen and oxygen atoms in total. The fourth-order valence-corrected chi connectivity index (χ4v) is 2.60. The molecule has 0 bridgehead atoms. The van der Waals surface area contributed by atoms with Gasteiger partial charge in [-0.3, -0.25) is 9.48 Å². The second kappa shape index (κ2) is 6.06. The van der Waals surface area contributed by atoms with E-state index >= 15 is 0 Å². The van der Waals surface area contributed by atoms with E-state index in [4.69, 9.17) is 16.3 Å². The minimum Gasteiger partial charge on any atom is -0.373 e. The van der Waals surface area contributed by atoms with Crippen molar-refractivity contribution in [3.63, 3.8) is 0 Å². The molecule has 0 aliphatic rings. The molecule has 0 spiro atoms. The van der Waals surface area contributed by atoms with Crippen molar-refractivity contribution < 1.29 is 9.53 Å². The number of carbonyl (C=O) groups excluding carboxylic acids is 1. The van der Waals surface area contributed by atoms with E-state index in [2.05, 4.69) is 5.10 Å². The number of aromatic nitrogens is 2. The van der Waals surface area contributed by atoms with Crippen LogP contribution in [0.3, 0.4) is 0 Å². The number of carbonyl (C=O) groups is 1. The summed E-state index contributed by atoms with van der Waals surface area (Å²) in [5.41, 5.74) is 1.36. The molecule has 19 heavy (non-hydrogen) atoms. The van der Waals surface area contributed by atoms with E-state index in [0.29, 0.717) is 5.02 Å². The average molecular weight is 287 g/mol. The van der Waals surface area contributed by atoms with Crippen LogP contribution in [-0.2, 0) is 29.4 Å². The van der Waals surface area contributed by atoms with Gasteiger partial charge in [0, 0.05) is 14.2 Å². The Kier molecular flexibility index (Phi) is 5.16. The lowest BCUT2D eigenvalue weighted by Crippen LogP contribution is -2.37. The van der Waals surface area contributed by atoms with Crippen molar-refractivity contribution in [1.29, 1.82) is 0 Å². The van der Waals surface area contributed by atoms with Crippen LogP contribution in [0.15, 0.2) is 0 Å². The van der Waals surface area contributed by atoms with Gasteiger partial charge in [0.05, 0.1) is 22.8 Å². The predicted molar refractivity (Wildman–Crippen MR) is 76.6 cm³/mol. The maximum absolute atomic E-state index is 12.4. The molecule has 0 saturated heterocycles. The van der Waals surface area contributed by atoms with Gasteiger partial charge in [-0.1, -0.05) is 39.3 Å². The summed E-state index contributed by atoms with van der Waals surface area (Å²) < 4.78 is 7.03. The van der Waals surface area contributed by atoms with Crippen molar-refractivity contribution >= 4 is 17.4 Å². The van der Waals surface area contributed by atoms with Gasteiger partial charge >= 0.3 is 0 Å². The Bertz CT molecular complexity index is 461. The van der Waals surface area contributed by atoms with Crippen LogP contribution in [0.1, 0.15) is 39.1 Å². The molecule has 1 heterocycles. The van der Waals surface area contributed by atoms with Crippen LogP contribution in [0.2, 0.25) is 5.02 Å². The molecule has 0 amide bonds. The maximum Gasteiger partial charge on any atom is 0.168 e. The number of ketones is 1. The van der Waals surface area contributed by atoms with Gasteiger partial charge in [-0.2, -0.15) is 5.10 Å². The number of ether oxygens (including phenoxy) is 1. The van der Waals surface area contributed by atoms with Gasteiger partial charge in [0.2, 0.25) is 0 Å². The molecule has 5 heteroatoms. The highest BCUT2D eigenvalue weighted by molar-refractivity contribution is 6.32. The second-order valence-electron chi connectivity index (χ2n) is 5.81. The van der Waals surface area contributed by atoms with Gasteiger partial charge in [0.1, 0.15) is 6.10 Å². The quantitative estimate of drug-likeness (QED) is 0.836. The summed E-state index contributed by atoms with van der Waals surface area (Å²) in [7, 11) is 3.38. The molecule has 1 aromatic rings. The first kappa shape index (κ1) is 16.2. The third kappa shape index (κ3) is 3.57. The standard InChI is InChI=1S/C14H23ClN2O2/c1-7-9-12(15)10(17(5)16-9)8-11(18)13(19-6)14(2,3)4/h13H,7-8H2,1-6H3.